The van der Waals surface area contributed by atoms with E-state index in [0.29, 0.717) is 22.2 Å². The van der Waals surface area contributed by atoms with E-state index in [1.54, 1.807) is 31.2 Å². The largest absolute Gasteiger partial charge is 0.441 e. The molecule has 1 aliphatic rings. The van der Waals surface area contributed by atoms with Gasteiger partial charge in [-0.15, -0.1) is 0 Å². The maximum absolute atomic E-state index is 12.8. The predicted molar refractivity (Wildman–Crippen MR) is 137 cm³/mol. The molecule has 1 saturated carbocycles. The molecular formula is C29H25F2N3O3. The van der Waals surface area contributed by atoms with Gasteiger partial charge in [0.2, 0.25) is 0 Å². The Kier molecular flexibility index (Phi) is 6.78. The van der Waals surface area contributed by atoms with Crippen LogP contribution in [0.5, 0.6) is 5.75 Å². The number of nitrogens with zero attached hydrogens (tertiary/aromatic N) is 2. The van der Waals surface area contributed by atoms with Gasteiger partial charge in [-0.3, -0.25) is 5.32 Å². The minimum absolute atomic E-state index is 0.0550. The van der Waals surface area contributed by atoms with Crippen molar-refractivity contribution in [3.05, 3.63) is 83.9 Å². The smallest absolute Gasteiger partial charge is 0.412 e. The van der Waals surface area contributed by atoms with Gasteiger partial charge in [-0.1, -0.05) is 42.5 Å². The van der Waals surface area contributed by atoms with Crippen LogP contribution in [0.2, 0.25) is 0 Å². The van der Waals surface area contributed by atoms with E-state index in [9.17, 15) is 18.8 Å². The number of carbonyl (C=O) groups is 1. The van der Waals surface area contributed by atoms with E-state index in [2.05, 4.69) is 20.7 Å². The van der Waals surface area contributed by atoms with Gasteiger partial charge in [0.05, 0.1) is 16.8 Å². The fourth-order valence-electron chi connectivity index (χ4n) is 4.70. The van der Waals surface area contributed by atoms with Crippen molar-refractivity contribution >= 4 is 22.7 Å². The number of aromatic nitrogens is 1. The van der Waals surface area contributed by atoms with Gasteiger partial charge in [-0.25, -0.2) is 4.79 Å². The number of hydrogen-bond acceptors (Lipinski definition) is 4. The molecule has 3 aromatic carbocycles. The first-order chi connectivity index (χ1) is 17.9. The molecule has 37 heavy (non-hydrogen) atoms. The molecule has 0 unspecified atom stereocenters. The van der Waals surface area contributed by atoms with Crippen molar-refractivity contribution in [1.29, 1.82) is 5.26 Å². The molecule has 1 aromatic heterocycles. The topological polar surface area (TPSA) is 76.3 Å². The molecule has 0 spiro atoms. The molecule has 188 valence electrons. The summed E-state index contributed by atoms with van der Waals surface area (Å²) in [5.41, 5.74) is 4.11. The number of ether oxygens (including phenoxy) is 2. The molecule has 0 aliphatic heterocycles. The van der Waals surface area contributed by atoms with Crippen molar-refractivity contribution in [3.63, 3.8) is 0 Å². The van der Waals surface area contributed by atoms with Crippen LogP contribution < -0.4 is 10.1 Å². The quantitative estimate of drug-likeness (QED) is 0.280. The molecule has 1 atom stereocenters. The summed E-state index contributed by atoms with van der Waals surface area (Å²) < 4.78 is 37.8. The van der Waals surface area contributed by atoms with Gasteiger partial charge < -0.3 is 14.0 Å². The standard InChI is InChI=1S/C29H25F2N3O3/c1-18(19-6-3-2-4-7-19)36-29(35)33-21-12-10-20(11-13-21)27-25(17-32)24-15-14-23(37-28(30)31)16-26(24)34(27)22-8-5-9-22/h2-4,6-7,10-16,18,22,28H,5,8-9H2,1H3,(H,33,35)/t18-/m1/s1. The number of hydrogen-bond donors (Lipinski definition) is 1. The minimum atomic E-state index is -2.93. The van der Waals surface area contributed by atoms with Gasteiger partial charge in [-0.05, 0) is 61.6 Å². The molecular weight excluding hydrogens is 476 g/mol. The van der Waals surface area contributed by atoms with E-state index in [1.807, 2.05) is 42.5 Å². The normalized spacial score (nSPS) is 14.1. The number of halogens is 2. The maximum Gasteiger partial charge on any atom is 0.412 e. The second-order valence-electron chi connectivity index (χ2n) is 9.01. The van der Waals surface area contributed by atoms with Crippen molar-refractivity contribution in [3.8, 4) is 23.1 Å². The first-order valence-electron chi connectivity index (χ1n) is 12.1. The SMILES string of the molecule is C[C@@H](OC(=O)Nc1ccc(-c2c(C#N)c3ccc(OC(F)F)cc3n2C2CCC2)cc1)c1ccccc1. The summed E-state index contributed by atoms with van der Waals surface area (Å²) in [6.07, 6.45) is 1.96. The molecule has 8 heteroatoms. The number of rotatable bonds is 7. The molecule has 1 heterocycles. The van der Waals surface area contributed by atoms with E-state index in [0.717, 1.165) is 36.1 Å². The van der Waals surface area contributed by atoms with E-state index >= 15 is 0 Å². The van der Waals surface area contributed by atoms with Crippen LogP contribution in [0.1, 0.15) is 49.5 Å². The Morgan fingerprint density at radius 1 is 1.08 bits per heavy atom. The van der Waals surface area contributed by atoms with Gasteiger partial charge in [0.1, 0.15) is 17.9 Å². The van der Waals surface area contributed by atoms with Crippen molar-refractivity contribution < 1.29 is 23.0 Å². The Hall–Kier alpha value is -4.38. The van der Waals surface area contributed by atoms with Gasteiger partial charge >= 0.3 is 12.7 Å². The summed E-state index contributed by atoms with van der Waals surface area (Å²) in [5.74, 6) is 0.0550. The Morgan fingerprint density at radius 2 is 1.81 bits per heavy atom. The van der Waals surface area contributed by atoms with Crippen LogP contribution in [0.4, 0.5) is 19.3 Å². The highest BCUT2D eigenvalue weighted by Gasteiger charge is 2.28. The van der Waals surface area contributed by atoms with E-state index < -0.39 is 18.8 Å². The summed E-state index contributed by atoms with van der Waals surface area (Å²) >= 11 is 0. The number of anilines is 1. The third-order valence-corrected chi connectivity index (χ3v) is 6.71. The lowest BCUT2D eigenvalue weighted by Gasteiger charge is -2.30. The molecule has 1 amide bonds. The van der Waals surface area contributed by atoms with Crippen LogP contribution in [0.3, 0.4) is 0 Å². The zero-order valence-corrected chi connectivity index (χ0v) is 20.2. The molecule has 0 bridgehead atoms. The predicted octanol–water partition coefficient (Wildman–Crippen LogP) is 7.82. The fourth-order valence-corrected chi connectivity index (χ4v) is 4.70. The van der Waals surface area contributed by atoms with E-state index in [1.165, 1.54) is 6.07 Å². The van der Waals surface area contributed by atoms with Crippen LogP contribution >= 0.6 is 0 Å². The van der Waals surface area contributed by atoms with Crippen molar-refractivity contribution in [2.75, 3.05) is 5.32 Å². The summed E-state index contributed by atoms with van der Waals surface area (Å²) in [7, 11) is 0. The third-order valence-electron chi connectivity index (χ3n) is 6.71. The maximum atomic E-state index is 12.8. The number of nitriles is 1. The van der Waals surface area contributed by atoms with Gasteiger partial charge in [-0.2, -0.15) is 14.0 Å². The number of benzene rings is 3. The fraction of sp³-hybridized carbons (Fsp3) is 0.241. The number of alkyl halides is 2. The Labute approximate surface area is 213 Å². The zero-order valence-electron chi connectivity index (χ0n) is 20.2. The van der Waals surface area contributed by atoms with Crippen molar-refractivity contribution in [1.82, 2.24) is 4.57 Å². The minimum Gasteiger partial charge on any atom is -0.441 e. The lowest BCUT2D eigenvalue weighted by Crippen LogP contribution is -2.18. The number of carbonyl (C=O) groups excluding carboxylic acids is 1. The van der Waals surface area contributed by atoms with Gasteiger partial charge in [0, 0.05) is 23.2 Å². The van der Waals surface area contributed by atoms with Crippen LogP contribution in [0.15, 0.2) is 72.8 Å². The Balaban J connectivity index is 1.43. The summed E-state index contributed by atoms with van der Waals surface area (Å²) in [5, 5.41) is 13.5. The Bertz CT molecular complexity index is 1460. The highest BCUT2D eigenvalue weighted by molar-refractivity contribution is 5.96. The van der Waals surface area contributed by atoms with E-state index in [4.69, 9.17) is 4.74 Å². The number of nitrogens with one attached hydrogen (secondary N) is 1. The molecule has 4 aromatic rings. The molecule has 1 fully saturated rings. The zero-order chi connectivity index (χ0) is 25.9. The van der Waals surface area contributed by atoms with Crippen LogP contribution in [-0.4, -0.2) is 17.3 Å². The van der Waals surface area contributed by atoms with Crippen LogP contribution in [-0.2, 0) is 4.74 Å². The average molecular weight is 502 g/mol. The Morgan fingerprint density at radius 3 is 2.43 bits per heavy atom. The molecule has 6 nitrogen and oxygen atoms in total. The van der Waals surface area contributed by atoms with E-state index in [-0.39, 0.29) is 11.8 Å². The number of amides is 1. The monoisotopic (exact) mass is 501 g/mol. The molecule has 0 radical (unpaired) electrons. The summed E-state index contributed by atoms with van der Waals surface area (Å²) in [4.78, 5) is 12.4. The first kappa shape index (κ1) is 24.3. The molecule has 1 N–H and O–H groups in total. The second kappa shape index (κ2) is 10.3. The van der Waals surface area contributed by atoms with Crippen LogP contribution in [0.25, 0.3) is 22.2 Å². The van der Waals surface area contributed by atoms with Gasteiger partial charge in [0.15, 0.2) is 0 Å². The summed E-state index contributed by atoms with van der Waals surface area (Å²) in [6.45, 7) is -1.12. The molecule has 5 rings (SSSR count). The highest BCUT2D eigenvalue weighted by atomic mass is 19.3. The lowest BCUT2D eigenvalue weighted by atomic mass is 9.92. The highest BCUT2D eigenvalue weighted by Crippen LogP contribution is 2.43. The summed E-state index contributed by atoms with van der Waals surface area (Å²) in [6, 6.07) is 23.8. The number of fused-ring (bicyclic) bond motifs is 1. The van der Waals surface area contributed by atoms with Gasteiger partial charge in [0.25, 0.3) is 0 Å². The van der Waals surface area contributed by atoms with Crippen molar-refractivity contribution in [2.45, 2.75) is 44.9 Å². The average Bonchev–Trinajstić information content (AvgIpc) is 3.16. The van der Waals surface area contributed by atoms with Crippen molar-refractivity contribution in [2.24, 2.45) is 0 Å². The molecule has 0 saturated heterocycles. The van der Waals surface area contributed by atoms with Crippen LogP contribution in [0, 0.1) is 11.3 Å². The lowest BCUT2D eigenvalue weighted by molar-refractivity contribution is -0.0497. The molecule has 1 aliphatic carbocycles. The third kappa shape index (κ3) is 4.98. The second-order valence-corrected chi connectivity index (χ2v) is 9.01. The first-order valence-corrected chi connectivity index (χ1v) is 12.1.